The van der Waals surface area contributed by atoms with E-state index in [1.54, 1.807) is 42.5 Å². The van der Waals surface area contributed by atoms with Gasteiger partial charge in [-0.3, -0.25) is 4.79 Å². The van der Waals surface area contributed by atoms with E-state index in [1.807, 2.05) is 60.4 Å². The van der Waals surface area contributed by atoms with Crippen LogP contribution >= 0.6 is 0 Å². The first-order chi connectivity index (χ1) is 17.8. The average Bonchev–Trinajstić information content (AvgIpc) is 2.94. The molecule has 0 aromatic heterocycles. The van der Waals surface area contributed by atoms with Crippen molar-refractivity contribution in [3.05, 3.63) is 59.7 Å². The fourth-order valence-electron chi connectivity index (χ4n) is 4.74. The number of carbonyl (C=O) groups excluding carboxylic acids is 1. The monoisotopic (exact) mass is 517 g/mol. The lowest BCUT2D eigenvalue weighted by Crippen LogP contribution is -2.72. The number of β-lactam (4-membered cyclic amide) rings is 1. The topological polar surface area (TPSA) is 84.9 Å². The van der Waals surface area contributed by atoms with Crippen LogP contribution in [0.2, 0.25) is 0 Å². The summed E-state index contributed by atoms with van der Waals surface area (Å²) in [5.41, 5.74) is 1.87. The van der Waals surface area contributed by atoms with Crippen LogP contribution in [0, 0.1) is 5.92 Å². The van der Waals surface area contributed by atoms with Gasteiger partial charge in [0.15, 0.2) is 5.79 Å². The largest absolute Gasteiger partial charge is 0.497 e. The maximum Gasteiger partial charge on any atom is 0.234 e. The van der Waals surface area contributed by atoms with Crippen LogP contribution in [0.15, 0.2) is 48.5 Å². The maximum atomic E-state index is 13.9. The van der Waals surface area contributed by atoms with E-state index in [0.717, 1.165) is 22.6 Å². The minimum absolute atomic E-state index is 0.0716. The Kier molecular flexibility index (Phi) is 10.3. The summed E-state index contributed by atoms with van der Waals surface area (Å²) in [6.07, 6.45) is -0.381. The number of hydrogen-bond acceptors (Lipinski definition) is 8. The number of amides is 1. The second kappa shape index (κ2) is 13.2. The molecule has 0 unspecified atom stereocenters. The van der Waals surface area contributed by atoms with Gasteiger partial charge in [0.1, 0.15) is 24.2 Å². The highest BCUT2D eigenvalue weighted by molar-refractivity contribution is 5.88. The van der Waals surface area contributed by atoms with Gasteiger partial charge in [-0.05, 0) is 49.2 Å². The van der Waals surface area contributed by atoms with Crippen LogP contribution in [0.25, 0.3) is 0 Å². The molecule has 0 saturated carbocycles. The van der Waals surface area contributed by atoms with Gasteiger partial charge in [-0.15, -0.1) is 0 Å². The molecule has 1 amide bonds. The number of benzene rings is 2. The fourth-order valence-corrected chi connectivity index (χ4v) is 4.74. The highest BCUT2D eigenvalue weighted by atomic mass is 16.7. The Balaban J connectivity index is 2.01. The summed E-state index contributed by atoms with van der Waals surface area (Å²) < 4.78 is 38.7. The molecule has 0 spiro atoms. The average molecular weight is 518 g/mol. The first-order valence-electron chi connectivity index (χ1n) is 12.2. The van der Waals surface area contributed by atoms with E-state index >= 15 is 0 Å². The van der Waals surface area contributed by atoms with Gasteiger partial charge < -0.3 is 38.1 Å². The number of carbonyl (C=O) groups is 1. The molecule has 37 heavy (non-hydrogen) atoms. The molecule has 0 N–H and O–H groups in total. The number of methoxy groups -OCH3 is 5. The van der Waals surface area contributed by atoms with Crippen LogP contribution in [0.3, 0.4) is 0 Å². The normalized spacial score (nSPS) is 18.6. The summed E-state index contributed by atoms with van der Waals surface area (Å²) >= 11 is 0. The van der Waals surface area contributed by atoms with Gasteiger partial charge in [-0.25, -0.2) is 0 Å². The van der Waals surface area contributed by atoms with Crippen molar-refractivity contribution >= 4 is 5.91 Å². The third-order valence-electron chi connectivity index (χ3n) is 7.03. The molecule has 0 aliphatic carbocycles. The quantitative estimate of drug-likeness (QED) is 0.201. The summed E-state index contributed by atoms with van der Waals surface area (Å²) in [4.78, 5) is 15.8. The maximum absolute atomic E-state index is 13.9. The van der Waals surface area contributed by atoms with Gasteiger partial charge in [0.05, 0.1) is 45.6 Å². The first-order valence-corrected chi connectivity index (χ1v) is 12.2. The molecule has 2 aromatic rings. The van der Waals surface area contributed by atoms with Crippen molar-refractivity contribution in [2.24, 2.45) is 5.92 Å². The summed E-state index contributed by atoms with van der Waals surface area (Å²) in [6, 6.07) is 14.7. The van der Waals surface area contributed by atoms with Gasteiger partial charge in [0.2, 0.25) is 5.91 Å². The van der Waals surface area contributed by atoms with E-state index in [1.165, 1.54) is 0 Å². The Bertz CT molecular complexity index is 929. The van der Waals surface area contributed by atoms with Crippen molar-refractivity contribution < 1.29 is 38.0 Å². The first kappa shape index (κ1) is 28.9. The molecule has 1 aliphatic rings. The third-order valence-corrected chi connectivity index (χ3v) is 7.03. The van der Waals surface area contributed by atoms with Gasteiger partial charge >= 0.3 is 0 Å². The van der Waals surface area contributed by atoms with Crippen LogP contribution in [0.5, 0.6) is 11.5 Å². The van der Waals surface area contributed by atoms with Gasteiger partial charge in [-0.2, -0.15) is 0 Å². The smallest absolute Gasteiger partial charge is 0.234 e. The molecule has 1 aliphatic heterocycles. The fraction of sp³-hybridized carbons (Fsp3) is 0.536. The molecule has 1 saturated heterocycles. The molecule has 9 nitrogen and oxygen atoms in total. The number of rotatable bonds is 15. The van der Waals surface area contributed by atoms with E-state index in [0.29, 0.717) is 13.2 Å². The Hall–Kier alpha value is -2.69. The third kappa shape index (κ3) is 6.25. The second-order valence-electron chi connectivity index (χ2n) is 8.98. The highest BCUT2D eigenvalue weighted by Gasteiger charge is 2.61. The molecular formula is C28H39NO8. The Labute approximate surface area is 219 Å². The molecule has 0 radical (unpaired) electrons. The zero-order valence-electron chi connectivity index (χ0n) is 22.8. The summed E-state index contributed by atoms with van der Waals surface area (Å²) in [7, 11) is 7.95. The van der Waals surface area contributed by atoms with E-state index in [2.05, 4.69) is 0 Å². The minimum Gasteiger partial charge on any atom is -0.497 e. The van der Waals surface area contributed by atoms with Crippen molar-refractivity contribution in [3.8, 4) is 11.5 Å². The van der Waals surface area contributed by atoms with Crippen molar-refractivity contribution in [2.75, 3.05) is 55.6 Å². The Morgan fingerprint density at radius 1 is 0.838 bits per heavy atom. The van der Waals surface area contributed by atoms with Crippen LogP contribution in [-0.2, 0) is 28.5 Å². The van der Waals surface area contributed by atoms with Gasteiger partial charge in [0, 0.05) is 21.3 Å². The predicted molar refractivity (Wildman–Crippen MR) is 138 cm³/mol. The van der Waals surface area contributed by atoms with Crippen LogP contribution < -0.4 is 9.47 Å². The molecule has 2 aromatic carbocycles. The van der Waals surface area contributed by atoms with Crippen molar-refractivity contribution in [3.63, 3.8) is 0 Å². The van der Waals surface area contributed by atoms with Crippen LogP contribution in [0.1, 0.15) is 31.0 Å². The molecule has 3 atom stereocenters. The van der Waals surface area contributed by atoms with E-state index in [9.17, 15) is 4.79 Å². The number of likely N-dealkylation sites (tertiary alicyclic amines) is 1. The SMILES string of the molecule is COCCOCO[C@@H](C)[C@H]1[C@H](C(C)(OC)OC)C(=O)N1C(c1ccc(OC)cc1)c1ccc(OC)cc1. The molecular weight excluding hydrogens is 478 g/mol. The van der Waals surface area contributed by atoms with Crippen molar-refractivity contribution in [1.29, 1.82) is 0 Å². The molecule has 0 bridgehead atoms. The molecule has 3 rings (SSSR count). The molecule has 1 heterocycles. The van der Waals surface area contributed by atoms with Gasteiger partial charge in [-0.1, -0.05) is 24.3 Å². The minimum atomic E-state index is -1.13. The van der Waals surface area contributed by atoms with Crippen LogP contribution in [-0.4, -0.2) is 84.3 Å². The lowest BCUT2D eigenvalue weighted by molar-refractivity contribution is -0.271. The summed E-state index contributed by atoms with van der Waals surface area (Å²) in [6.45, 7) is 4.66. The number of hydrogen-bond donors (Lipinski definition) is 0. The van der Waals surface area contributed by atoms with Gasteiger partial charge in [0.25, 0.3) is 0 Å². The summed E-state index contributed by atoms with van der Waals surface area (Å²) in [5, 5.41) is 0. The van der Waals surface area contributed by atoms with E-state index < -0.39 is 11.7 Å². The zero-order chi connectivity index (χ0) is 27.0. The zero-order valence-corrected chi connectivity index (χ0v) is 22.8. The summed E-state index contributed by atoms with van der Waals surface area (Å²) in [5.74, 6) is -0.341. The number of nitrogens with zero attached hydrogens (tertiary/aromatic N) is 1. The highest BCUT2D eigenvalue weighted by Crippen LogP contribution is 2.47. The van der Waals surface area contributed by atoms with Crippen molar-refractivity contribution in [1.82, 2.24) is 4.90 Å². The standard InChI is InChI=1S/C28H39NO8/c1-19(37-18-36-17-16-31-3)25-24(28(2,34-6)35-7)27(30)29(25)26(20-8-12-22(32-4)13-9-20)21-10-14-23(33-5)15-11-21/h8-15,19,24-26H,16-18H2,1-7H3/t19-,24-,25-/m0/s1. The van der Waals surface area contributed by atoms with Crippen LogP contribution in [0.4, 0.5) is 0 Å². The Morgan fingerprint density at radius 2 is 1.35 bits per heavy atom. The lowest BCUT2D eigenvalue weighted by atomic mass is 9.75. The Morgan fingerprint density at radius 3 is 1.78 bits per heavy atom. The molecule has 204 valence electrons. The second-order valence-corrected chi connectivity index (χ2v) is 8.98. The molecule has 9 heteroatoms. The van der Waals surface area contributed by atoms with E-state index in [4.69, 9.17) is 33.2 Å². The molecule has 1 fully saturated rings. The van der Waals surface area contributed by atoms with E-state index in [-0.39, 0.29) is 30.9 Å². The van der Waals surface area contributed by atoms with Crippen molar-refractivity contribution in [2.45, 2.75) is 37.8 Å². The lowest BCUT2D eigenvalue weighted by Gasteiger charge is -2.57. The number of ether oxygens (including phenoxy) is 7. The predicted octanol–water partition coefficient (Wildman–Crippen LogP) is 3.65.